The Balaban J connectivity index is 2.04. The van der Waals surface area contributed by atoms with E-state index in [2.05, 4.69) is 33.9 Å². The van der Waals surface area contributed by atoms with Crippen molar-refractivity contribution < 1.29 is 4.74 Å². The molecular weight excluding hydrogens is 196 g/mol. The molecule has 90 valence electrons. The largest absolute Gasteiger partial charge is 0.494 e. The van der Waals surface area contributed by atoms with Gasteiger partial charge >= 0.3 is 0 Å². The van der Waals surface area contributed by atoms with Gasteiger partial charge in [0, 0.05) is 0 Å². The number of hydrogen-bond acceptors (Lipinski definition) is 1. The van der Waals surface area contributed by atoms with Crippen LogP contribution >= 0.6 is 0 Å². The molecule has 0 aliphatic heterocycles. The molecule has 0 aromatic carbocycles. The average Bonchev–Trinajstić information content (AvgIpc) is 2.58. The average molecular weight is 220 g/mol. The molecule has 2 saturated carbocycles. The fraction of sp³-hybridized carbons (Fsp3) is 0.733. The van der Waals surface area contributed by atoms with Crippen molar-refractivity contribution in [3.63, 3.8) is 0 Å². The lowest BCUT2D eigenvalue weighted by atomic mass is 9.67. The maximum absolute atomic E-state index is 5.67. The highest BCUT2D eigenvalue weighted by Gasteiger charge is 2.61. The summed E-state index contributed by atoms with van der Waals surface area (Å²) in [6, 6.07) is 0. The van der Waals surface area contributed by atoms with Crippen molar-refractivity contribution in [2.45, 2.75) is 40.0 Å². The fourth-order valence-electron chi connectivity index (χ4n) is 3.89. The monoisotopic (exact) mass is 220 g/mol. The third kappa shape index (κ3) is 1.44. The van der Waals surface area contributed by atoms with Gasteiger partial charge in [-0.3, -0.25) is 0 Å². The van der Waals surface area contributed by atoms with Crippen LogP contribution in [0.2, 0.25) is 0 Å². The van der Waals surface area contributed by atoms with Gasteiger partial charge in [0.25, 0.3) is 0 Å². The van der Waals surface area contributed by atoms with Crippen LogP contribution in [-0.4, -0.2) is 6.61 Å². The smallest absolute Gasteiger partial charge is 0.111 e. The van der Waals surface area contributed by atoms with Crippen molar-refractivity contribution in [3.05, 3.63) is 25.0 Å². The molecule has 0 amide bonds. The van der Waals surface area contributed by atoms with E-state index in [0.29, 0.717) is 22.5 Å². The molecule has 0 N–H and O–H groups in total. The van der Waals surface area contributed by atoms with Gasteiger partial charge in [-0.25, -0.2) is 0 Å². The molecule has 2 fully saturated rings. The lowest BCUT2D eigenvalue weighted by Crippen LogP contribution is -2.34. The molecular formula is C15H24O. The van der Waals surface area contributed by atoms with Gasteiger partial charge in [-0.05, 0) is 48.0 Å². The van der Waals surface area contributed by atoms with Gasteiger partial charge in [-0.1, -0.05) is 33.9 Å². The Morgan fingerprint density at radius 1 is 1.44 bits per heavy atom. The molecule has 0 aromatic heterocycles. The van der Waals surface area contributed by atoms with Crippen LogP contribution in [0.15, 0.2) is 25.0 Å². The van der Waals surface area contributed by atoms with E-state index in [-0.39, 0.29) is 0 Å². The predicted molar refractivity (Wildman–Crippen MR) is 68.0 cm³/mol. The first-order valence-electron chi connectivity index (χ1n) is 6.36. The Kier molecular flexibility index (Phi) is 2.68. The van der Waals surface area contributed by atoms with Crippen LogP contribution in [-0.2, 0) is 4.74 Å². The summed E-state index contributed by atoms with van der Waals surface area (Å²) in [6.07, 6.45) is 5.79. The molecule has 2 bridgehead atoms. The van der Waals surface area contributed by atoms with E-state index < -0.39 is 0 Å². The van der Waals surface area contributed by atoms with Crippen LogP contribution in [0.25, 0.3) is 0 Å². The highest BCUT2D eigenvalue weighted by atomic mass is 16.5. The van der Waals surface area contributed by atoms with Gasteiger partial charge in [0.2, 0.25) is 0 Å². The minimum atomic E-state index is 0.457. The summed E-state index contributed by atoms with van der Waals surface area (Å²) >= 11 is 0. The van der Waals surface area contributed by atoms with Crippen molar-refractivity contribution in [2.24, 2.45) is 22.7 Å². The van der Waals surface area contributed by atoms with Crippen molar-refractivity contribution in [1.29, 1.82) is 0 Å². The molecule has 1 heteroatoms. The van der Waals surface area contributed by atoms with Crippen LogP contribution in [0.4, 0.5) is 0 Å². The zero-order valence-corrected chi connectivity index (χ0v) is 10.9. The molecule has 0 spiro atoms. The van der Waals surface area contributed by atoms with E-state index in [1.165, 1.54) is 19.3 Å². The van der Waals surface area contributed by atoms with Crippen LogP contribution in [0.3, 0.4) is 0 Å². The molecule has 2 rings (SSSR count). The Morgan fingerprint density at radius 2 is 2.12 bits per heavy atom. The topological polar surface area (TPSA) is 9.23 Å². The van der Waals surface area contributed by atoms with Gasteiger partial charge in [-0.15, -0.1) is 0 Å². The quantitative estimate of drug-likeness (QED) is 0.510. The zero-order valence-electron chi connectivity index (χ0n) is 10.9. The summed E-state index contributed by atoms with van der Waals surface area (Å²) in [5.74, 6) is 2.30. The zero-order chi connectivity index (χ0) is 12.0. The first-order valence-corrected chi connectivity index (χ1v) is 6.36. The van der Waals surface area contributed by atoms with Crippen LogP contribution in [0.5, 0.6) is 0 Å². The molecule has 3 unspecified atom stereocenters. The van der Waals surface area contributed by atoms with Crippen LogP contribution < -0.4 is 0 Å². The lowest BCUT2D eigenvalue weighted by Gasteiger charge is -2.39. The van der Waals surface area contributed by atoms with Crippen molar-refractivity contribution in [2.75, 3.05) is 6.61 Å². The first-order chi connectivity index (χ1) is 7.41. The number of allylic oxidation sites excluding steroid dienone is 1. The Bertz CT molecular complexity index is 315. The second-order valence-corrected chi connectivity index (χ2v) is 6.29. The predicted octanol–water partition coefficient (Wildman–Crippen LogP) is 4.17. The number of hydrogen-bond donors (Lipinski definition) is 0. The number of fused-ring (bicyclic) bond motifs is 2. The third-order valence-electron chi connectivity index (χ3n) is 5.67. The van der Waals surface area contributed by atoms with Crippen molar-refractivity contribution >= 4 is 0 Å². The van der Waals surface area contributed by atoms with Crippen LogP contribution in [0, 0.1) is 22.7 Å². The lowest BCUT2D eigenvalue weighted by molar-refractivity contribution is 0.0508. The van der Waals surface area contributed by atoms with E-state index in [0.717, 1.165) is 12.5 Å². The minimum absolute atomic E-state index is 0.457. The summed E-state index contributed by atoms with van der Waals surface area (Å²) in [7, 11) is 0. The van der Waals surface area contributed by atoms with E-state index in [1.54, 1.807) is 6.08 Å². The first kappa shape index (κ1) is 11.8. The van der Waals surface area contributed by atoms with Gasteiger partial charge < -0.3 is 4.74 Å². The van der Waals surface area contributed by atoms with Gasteiger partial charge in [0.1, 0.15) is 5.76 Å². The standard InChI is InChI=1S/C15H24O/c1-6-11(2)16-10-13-9-12-7-8-15(13,5)14(12,3)4/h6,12-13H,1-2,7-10H2,3-5H3. The molecule has 1 nitrogen and oxygen atoms in total. The third-order valence-corrected chi connectivity index (χ3v) is 5.67. The molecule has 0 radical (unpaired) electrons. The Labute approximate surface area is 99.6 Å². The maximum Gasteiger partial charge on any atom is 0.111 e. The summed E-state index contributed by atoms with van der Waals surface area (Å²) in [4.78, 5) is 0. The second kappa shape index (κ2) is 3.65. The van der Waals surface area contributed by atoms with E-state index in [9.17, 15) is 0 Å². The Morgan fingerprint density at radius 3 is 2.56 bits per heavy atom. The fourth-order valence-corrected chi connectivity index (χ4v) is 3.89. The molecule has 2 aliphatic rings. The van der Waals surface area contributed by atoms with Crippen LogP contribution in [0.1, 0.15) is 40.0 Å². The molecule has 2 aliphatic carbocycles. The molecule has 0 heterocycles. The molecule has 0 aromatic rings. The van der Waals surface area contributed by atoms with Crippen molar-refractivity contribution in [3.8, 4) is 0 Å². The van der Waals surface area contributed by atoms with Gasteiger partial charge in [0.15, 0.2) is 0 Å². The second-order valence-electron chi connectivity index (χ2n) is 6.29. The normalized spacial score (nSPS) is 39.7. The van der Waals surface area contributed by atoms with E-state index in [1.807, 2.05) is 0 Å². The highest BCUT2D eigenvalue weighted by molar-refractivity contribution is 5.10. The summed E-state index contributed by atoms with van der Waals surface area (Å²) in [5, 5.41) is 0. The summed E-state index contributed by atoms with van der Waals surface area (Å²) < 4.78 is 5.67. The number of ether oxygens (including phenoxy) is 1. The summed E-state index contributed by atoms with van der Waals surface area (Å²) in [6.45, 7) is 15.6. The maximum atomic E-state index is 5.67. The summed E-state index contributed by atoms with van der Waals surface area (Å²) in [5.41, 5.74) is 0.940. The van der Waals surface area contributed by atoms with Gasteiger partial charge in [-0.2, -0.15) is 0 Å². The molecule has 16 heavy (non-hydrogen) atoms. The van der Waals surface area contributed by atoms with E-state index >= 15 is 0 Å². The molecule has 0 saturated heterocycles. The van der Waals surface area contributed by atoms with Crippen molar-refractivity contribution in [1.82, 2.24) is 0 Å². The SMILES string of the molecule is C=CC(=C)OCC1CC2CCC1(C)C2(C)C. The molecule has 3 atom stereocenters. The van der Waals surface area contributed by atoms with Gasteiger partial charge in [0.05, 0.1) is 6.61 Å². The minimum Gasteiger partial charge on any atom is -0.494 e. The Hall–Kier alpha value is -0.720. The number of rotatable bonds is 4. The van der Waals surface area contributed by atoms with E-state index in [4.69, 9.17) is 4.74 Å². The highest BCUT2D eigenvalue weighted by Crippen LogP contribution is 2.68.